The minimum Gasteiger partial charge on any atom is -0.336 e. The van der Waals surface area contributed by atoms with Crippen LogP contribution in [0.1, 0.15) is 43.0 Å². The zero-order valence-corrected chi connectivity index (χ0v) is 13.1. The summed E-state index contributed by atoms with van der Waals surface area (Å²) in [6.45, 7) is 3.06. The molecule has 1 amide bonds. The summed E-state index contributed by atoms with van der Waals surface area (Å²) in [5.41, 5.74) is 1.81. The highest BCUT2D eigenvalue weighted by atomic mass is 32.1. The first-order valence-corrected chi connectivity index (χ1v) is 8.48. The topological polar surface area (TPSA) is 33.2 Å². The molecule has 0 bridgehead atoms. The van der Waals surface area contributed by atoms with Crippen molar-refractivity contribution >= 4 is 17.2 Å². The molecule has 3 rings (SSSR count). The van der Waals surface area contributed by atoms with Gasteiger partial charge in [0.1, 0.15) is 5.01 Å². The molecular weight excluding hydrogens is 280 g/mol. The van der Waals surface area contributed by atoms with Crippen LogP contribution < -0.4 is 0 Å². The molecule has 0 N–H and O–H groups in total. The minimum atomic E-state index is 0.167. The largest absolute Gasteiger partial charge is 0.336 e. The summed E-state index contributed by atoms with van der Waals surface area (Å²) in [5.74, 6) is 0.167. The maximum absolute atomic E-state index is 12.8. The Balaban J connectivity index is 1.86. The lowest BCUT2D eigenvalue weighted by Gasteiger charge is -2.35. The second-order valence-corrected chi connectivity index (χ2v) is 6.37. The van der Waals surface area contributed by atoms with Gasteiger partial charge in [-0.25, -0.2) is 4.98 Å². The molecule has 4 heteroatoms. The van der Waals surface area contributed by atoms with E-state index in [9.17, 15) is 4.79 Å². The Bertz CT molecular complexity index is 609. The van der Waals surface area contributed by atoms with Crippen molar-refractivity contribution < 1.29 is 4.79 Å². The van der Waals surface area contributed by atoms with Gasteiger partial charge in [-0.2, -0.15) is 0 Å². The SMILES string of the molecule is CCC1CCCCN1C(=O)c1cccc(-c2nccs2)c1. The smallest absolute Gasteiger partial charge is 0.254 e. The van der Waals surface area contributed by atoms with Gasteiger partial charge in [-0.1, -0.05) is 19.1 Å². The van der Waals surface area contributed by atoms with Gasteiger partial charge in [0.15, 0.2) is 0 Å². The molecule has 0 spiro atoms. The predicted molar refractivity (Wildman–Crippen MR) is 86.5 cm³/mol. The quantitative estimate of drug-likeness (QED) is 0.850. The highest BCUT2D eigenvalue weighted by Crippen LogP contribution is 2.25. The maximum atomic E-state index is 12.8. The summed E-state index contributed by atoms with van der Waals surface area (Å²) < 4.78 is 0. The first kappa shape index (κ1) is 14.3. The molecule has 1 atom stereocenters. The van der Waals surface area contributed by atoms with Crippen LogP contribution in [0, 0.1) is 0 Å². The number of amides is 1. The number of carbonyl (C=O) groups excluding carboxylic acids is 1. The first-order chi connectivity index (χ1) is 10.3. The number of hydrogen-bond donors (Lipinski definition) is 0. The summed E-state index contributed by atoms with van der Waals surface area (Å²) >= 11 is 1.60. The number of aromatic nitrogens is 1. The zero-order chi connectivity index (χ0) is 14.7. The van der Waals surface area contributed by atoms with E-state index in [0.29, 0.717) is 6.04 Å². The fourth-order valence-electron chi connectivity index (χ4n) is 3.01. The molecule has 2 aromatic rings. The van der Waals surface area contributed by atoms with Crippen LogP contribution in [-0.4, -0.2) is 28.4 Å². The fourth-order valence-corrected chi connectivity index (χ4v) is 3.64. The molecule has 1 fully saturated rings. The number of rotatable bonds is 3. The van der Waals surface area contributed by atoms with Gasteiger partial charge in [0.25, 0.3) is 5.91 Å². The van der Waals surface area contributed by atoms with E-state index < -0.39 is 0 Å². The minimum absolute atomic E-state index is 0.167. The molecule has 21 heavy (non-hydrogen) atoms. The molecule has 1 saturated heterocycles. The summed E-state index contributed by atoms with van der Waals surface area (Å²) in [4.78, 5) is 19.2. The molecule has 0 saturated carbocycles. The van der Waals surface area contributed by atoms with Crippen molar-refractivity contribution in [2.45, 2.75) is 38.6 Å². The summed E-state index contributed by atoms with van der Waals surface area (Å²) in [5, 5.41) is 2.93. The van der Waals surface area contributed by atoms with Crippen molar-refractivity contribution in [2.75, 3.05) is 6.54 Å². The van der Waals surface area contributed by atoms with Crippen LogP contribution in [0.25, 0.3) is 10.6 Å². The Morgan fingerprint density at radius 3 is 3.10 bits per heavy atom. The Labute approximate surface area is 129 Å². The second kappa shape index (κ2) is 6.39. The molecule has 3 nitrogen and oxygen atoms in total. The lowest BCUT2D eigenvalue weighted by atomic mass is 9.98. The third kappa shape index (κ3) is 3.00. The van der Waals surface area contributed by atoms with Gasteiger partial charge in [0, 0.05) is 35.3 Å². The average molecular weight is 300 g/mol. The van der Waals surface area contributed by atoms with Crippen molar-refractivity contribution in [1.29, 1.82) is 0 Å². The van der Waals surface area contributed by atoms with Crippen molar-refractivity contribution in [3.8, 4) is 10.6 Å². The van der Waals surface area contributed by atoms with Crippen molar-refractivity contribution in [3.05, 3.63) is 41.4 Å². The van der Waals surface area contributed by atoms with Gasteiger partial charge in [-0.05, 0) is 37.8 Å². The van der Waals surface area contributed by atoms with E-state index in [-0.39, 0.29) is 5.91 Å². The van der Waals surface area contributed by atoms with E-state index in [2.05, 4.69) is 16.8 Å². The monoisotopic (exact) mass is 300 g/mol. The number of benzene rings is 1. The first-order valence-electron chi connectivity index (χ1n) is 7.60. The third-order valence-electron chi connectivity index (χ3n) is 4.15. The van der Waals surface area contributed by atoms with Crippen molar-refractivity contribution in [3.63, 3.8) is 0 Å². The van der Waals surface area contributed by atoms with Crippen molar-refractivity contribution in [2.24, 2.45) is 0 Å². The number of piperidine rings is 1. The summed E-state index contributed by atoms with van der Waals surface area (Å²) in [6.07, 6.45) is 6.33. The molecule has 1 aliphatic heterocycles. The van der Waals surface area contributed by atoms with Crippen LogP contribution in [0.5, 0.6) is 0 Å². The molecular formula is C17H20N2OS. The average Bonchev–Trinajstić information content (AvgIpc) is 3.09. The Morgan fingerprint density at radius 2 is 2.33 bits per heavy atom. The third-order valence-corrected chi connectivity index (χ3v) is 4.97. The van der Waals surface area contributed by atoms with Crippen LogP contribution >= 0.6 is 11.3 Å². The van der Waals surface area contributed by atoms with E-state index >= 15 is 0 Å². The fraction of sp³-hybridized carbons (Fsp3) is 0.412. The number of hydrogen-bond acceptors (Lipinski definition) is 3. The summed E-state index contributed by atoms with van der Waals surface area (Å²) in [7, 11) is 0. The Morgan fingerprint density at radius 1 is 1.43 bits per heavy atom. The van der Waals surface area contributed by atoms with Crippen LogP contribution in [0.15, 0.2) is 35.8 Å². The van der Waals surface area contributed by atoms with Gasteiger partial charge in [0.05, 0.1) is 0 Å². The van der Waals surface area contributed by atoms with Crippen molar-refractivity contribution in [1.82, 2.24) is 9.88 Å². The van der Waals surface area contributed by atoms with E-state index in [1.54, 1.807) is 17.5 Å². The second-order valence-electron chi connectivity index (χ2n) is 5.47. The highest BCUT2D eigenvalue weighted by Gasteiger charge is 2.26. The predicted octanol–water partition coefficient (Wildman–Crippen LogP) is 4.21. The molecule has 0 radical (unpaired) electrons. The van der Waals surface area contributed by atoms with E-state index in [1.165, 1.54) is 6.42 Å². The van der Waals surface area contributed by atoms with Gasteiger partial charge in [-0.15, -0.1) is 11.3 Å². The molecule has 1 aliphatic rings. The van der Waals surface area contributed by atoms with Crippen LogP contribution in [-0.2, 0) is 0 Å². The number of carbonyl (C=O) groups is 1. The lowest BCUT2D eigenvalue weighted by molar-refractivity contribution is 0.0608. The highest BCUT2D eigenvalue weighted by molar-refractivity contribution is 7.13. The van der Waals surface area contributed by atoms with E-state index in [1.807, 2.05) is 29.6 Å². The molecule has 110 valence electrons. The number of nitrogens with zero attached hydrogens (tertiary/aromatic N) is 2. The van der Waals surface area contributed by atoms with Gasteiger partial charge in [0.2, 0.25) is 0 Å². The van der Waals surface area contributed by atoms with Gasteiger partial charge >= 0.3 is 0 Å². The molecule has 0 aliphatic carbocycles. The molecule has 2 heterocycles. The van der Waals surface area contributed by atoms with Crippen LogP contribution in [0.3, 0.4) is 0 Å². The molecule has 1 aromatic heterocycles. The molecule has 1 aromatic carbocycles. The molecule has 1 unspecified atom stereocenters. The normalized spacial score (nSPS) is 18.7. The van der Waals surface area contributed by atoms with Crippen LogP contribution in [0.4, 0.5) is 0 Å². The Hall–Kier alpha value is -1.68. The summed E-state index contributed by atoms with van der Waals surface area (Å²) in [6, 6.07) is 8.26. The zero-order valence-electron chi connectivity index (χ0n) is 12.3. The lowest BCUT2D eigenvalue weighted by Crippen LogP contribution is -2.43. The van der Waals surface area contributed by atoms with Crippen LogP contribution in [0.2, 0.25) is 0 Å². The van der Waals surface area contributed by atoms with E-state index in [4.69, 9.17) is 0 Å². The van der Waals surface area contributed by atoms with Gasteiger partial charge < -0.3 is 4.90 Å². The van der Waals surface area contributed by atoms with E-state index in [0.717, 1.165) is 41.9 Å². The standard InChI is InChI=1S/C17H20N2OS/c1-2-15-8-3-4-10-19(15)17(20)14-7-5-6-13(12-14)16-18-9-11-21-16/h5-7,9,11-12,15H,2-4,8,10H2,1H3. The number of thiazole rings is 1. The Kier molecular flexibility index (Phi) is 4.34. The van der Waals surface area contributed by atoms with Gasteiger partial charge in [-0.3, -0.25) is 4.79 Å². The number of likely N-dealkylation sites (tertiary alicyclic amines) is 1. The maximum Gasteiger partial charge on any atom is 0.254 e.